The number of rotatable bonds is 0. The summed E-state index contributed by atoms with van der Waals surface area (Å²) < 4.78 is 21.7. The maximum Gasteiger partial charge on any atom is 0.266 e. The molecule has 0 amide bonds. The zero-order chi connectivity index (χ0) is 9.19. The molecule has 4 nitrogen and oxygen atoms in total. The van der Waals surface area contributed by atoms with E-state index < -0.39 is 9.84 Å². The molecule has 1 heterocycles. The average molecular weight is 180 g/mol. The molecule has 0 aromatic heterocycles. The summed E-state index contributed by atoms with van der Waals surface area (Å²) in [6.45, 7) is 6.57. The fourth-order valence-electron chi connectivity index (χ4n) is 0.815. The van der Waals surface area contributed by atoms with Crippen molar-refractivity contribution in [2.24, 2.45) is 0 Å². The number of hydrogen-bond donors (Lipinski definition) is 0. The number of allylic oxidation sites excluding steroid dienone is 2. The van der Waals surface area contributed by atoms with Crippen LogP contribution < -0.4 is 0 Å². The summed E-state index contributed by atoms with van der Waals surface area (Å²) in [5, 5.41) is 9.43. The van der Waals surface area contributed by atoms with Crippen LogP contribution in [0.4, 0.5) is 0 Å². The molecule has 0 aromatic carbocycles. The van der Waals surface area contributed by atoms with E-state index in [0.29, 0.717) is 0 Å². The molecule has 1 rings (SSSR count). The molecule has 0 aliphatic carbocycles. The van der Waals surface area contributed by atoms with Gasteiger partial charge >= 0.3 is 0 Å². The highest BCUT2D eigenvalue weighted by molar-refractivity contribution is 7.94. The van der Waals surface area contributed by atoms with Gasteiger partial charge in [-0.25, -0.2) is 18.5 Å². The Labute approximate surface area is 70.2 Å². The summed E-state index contributed by atoms with van der Waals surface area (Å²) >= 11 is 0. The Kier molecular flexibility index (Phi) is 1.99. The number of sulfone groups is 1. The normalized spacial score (nSPS) is 22.8. The number of nitriles is 1. The van der Waals surface area contributed by atoms with Gasteiger partial charge in [0.25, 0.3) is 5.70 Å². The minimum atomic E-state index is -3.19. The third-order valence-corrected chi connectivity index (χ3v) is 2.62. The first-order valence-electron chi connectivity index (χ1n) is 3.00. The molecule has 0 radical (unpaired) electrons. The summed E-state index contributed by atoms with van der Waals surface area (Å²) in [6.07, 6.45) is 1.30. The van der Waals surface area contributed by atoms with E-state index in [1.165, 1.54) is 6.08 Å². The lowest BCUT2D eigenvalue weighted by Crippen LogP contribution is -1.97. The summed E-state index contributed by atoms with van der Waals surface area (Å²) in [7, 11) is -3.19. The van der Waals surface area contributed by atoms with Gasteiger partial charge in [0.15, 0.2) is 9.84 Å². The second-order valence-electron chi connectivity index (χ2n) is 2.21. The molecule has 1 aliphatic heterocycles. The van der Waals surface area contributed by atoms with Crippen LogP contribution in [0.2, 0.25) is 0 Å². The molecule has 60 valence electrons. The van der Waals surface area contributed by atoms with Crippen molar-refractivity contribution in [3.63, 3.8) is 0 Å². The minimum Gasteiger partial charge on any atom is -0.226 e. The van der Waals surface area contributed by atoms with Crippen LogP contribution in [0.15, 0.2) is 22.8 Å². The Bertz CT molecular complexity index is 427. The van der Waals surface area contributed by atoms with Crippen LogP contribution in [0.25, 0.3) is 4.85 Å². The van der Waals surface area contributed by atoms with E-state index in [9.17, 15) is 8.42 Å². The Morgan fingerprint density at radius 3 is 2.75 bits per heavy atom. The monoisotopic (exact) mass is 180 g/mol. The molecular weight excluding hydrogens is 176 g/mol. The predicted molar refractivity (Wildman–Crippen MR) is 42.2 cm³/mol. The van der Waals surface area contributed by atoms with E-state index in [1.807, 2.05) is 0 Å². The van der Waals surface area contributed by atoms with Crippen molar-refractivity contribution in [2.75, 3.05) is 5.75 Å². The summed E-state index contributed by atoms with van der Waals surface area (Å²) in [6, 6.07) is 1.64. The molecule has 0 atom stereocenters. The lowest BCUT2D eigenvalue weighted by molar-refractivity contribution is 0.608. The van der Waals surface area contributed by atoms with Crippen molar-refractivity contribution < 1.29 is 8.42 Å². The van der Waals surface area contributed by atoms with Gasteiger partial charge in [-0.3, -0.25) is 0 Å². The summed E-state index contributed by atoms with van der Waals surface area (Å²) in [4.78, 5) is 2.91. The van der Waals surface area contributed by atoms with E-state index in [2.05, 4.69) is 4.85 Å². The van der Waals surface area contributed by atoms with Crippen molar-refractivity contribution in [1.29, 1.82) is 5.26 Å². The first-order valence-corrected chi connectivity index (χ1v) is 4.72. The van der Waals surface area contributed by atoms with Crippen LogP contribution in [-0.2, 0) is 9.84 Å². The van der Waals surface area contributed by atoms with Crippen LogP contribution in [0.3, 0.4) is 0 Å². The maximum atomic E-state index is 10.8. The Morgan fingerprint density at radius 2 is 2.42 bits per heavy atom. The highest BCUT2D eigenvalue weighted by atomic mass is 32.2. The first kappa shape index (κ1) is 8.51. The van der Waals surface area contributed by atoms with Gasteiger partial charge in [-0.2, -0.15) is 0 Å². The number of nitrogens with zero attached hydrogens (tertiary/aromatic N) is 2. The van der Waals surface area contributed by atoms with Crippen LogP contribution >= 0.6 is 0 Å². The topological polar surface area (TPSA) is 62.3 Å². The lowest BCUT2D eigenvalue weighted by atomic mass is 10.2. The van der Waals surface area contributed by atoms with Crippen molar-refractivity contribution in [3.05, 3.63) is 34.2 Å². The van der Waals surface area contributed by atoms with E-state index in [-0.39, 0.29) is 17.0 Å². The van der Waals surface area contributed by atoms with E-state index >= 15 is 0 Å². The van der Waals surface area contributed by atoms with Gasteiger partial charge in [-0.15, -0.1) is 0 Å². The molecule has 5 heteroatoms. The van der Waals surface area contributed by atoms with Crippen molar-refractivity contribution in [2.45, 2.75) is 0 Å². The fraction of sp³-hybridized carbons (Fsp3) is 0.143. The van der Waals surface area contributed by atoms with E-state index in [1.54, 1.807) is 6.07 Å². The molecule has 0 saturated carbocycles. The zero-order valence-corrected chi connectivity index (χ0v) is 6.80. The molecule has 0 N–H and O–H groups in total. The Balaban J connectivity index is 3.17. The van der Waals surface area contributed by atoms with E-state index in [0.717, 1.165) is 5.41 Å². The smallest absolute Gasteiger partial charge is 0.226 e. The first-order chi connectivity index (χ1) is 5.59. The highest BCUT2D eigenvalue weighted by Gasteiger charge is 2.18. The van der Waals surface area contributed by atoms with Crippen LogP contribution in [0.5, 0.6) is 0 Å². The fourth-order valence-corrected chi connectivity index (χ4v) is 1.95. The van der Waals surface area contributed by atoms with Crippen LogP contribution in [0.1, 0.15) is 0 Å². The van der Waals surface area contributed by atoms with E-state index in [4.69, 9.17) is 11.8 Å². The molecule has 0 fully saturated rings. The quantitative estimate of drug-likeness (QED) is 0.405. The molecule has 0 bridgehead atoms. The lowest BCUT2D eigenvalue weighted by Gasteiger charge is -1.90. The van der Waals surface area contributed by atoms with Crippen molar-refractivity contribution >= 4 is 9.84 Å². The average Bonchev–Trinajstić information content (AvgIpc) is 2.34. The predicted octanol–water partition coefficient (Wildman–Crippen LogP) is 0.625. The molecule has 0 saturated heterocycles. The zero-order valence-electron chi connectivity index (χ0n) is 5.98. The highest BCUT2D eigenvalue weighted by Crippen LogP contribution is 2.17. The SMILES string of the molecule is [C-]#[N+]/C(C#N)=C1/C=CS(=O)(=O)C1. The summed E-state index contributed by atoms with van der Waals surface area (Å²) in [5.41, 5.74) is 0.139. The summed E-state index contributed by atoms with van der Waals surface area (Å²) in [5.74, 6) is -0.224. The largest absolute Gasteiger partial charge is 0.266 e. The Morgan fingerprint density at radius 1 is 1.75 bits per heavy atom. The van der Waals surface area contributed by atoms with Crippen molar-refractivity contribution in [1.82, 2.24) is 0 Å². The van der Waals surface area contributed by atoms with Gasteiger partial charge in [0.1, 0.15) is 0 Å². The Hall–Kier alpha value is -1.59. The van der Waals surface area contributed by atoms with Gasteiger partial charge < -0.3 is 0 Å². The van der Waals surface area contributed by atoms with Gasteiger partial charge in [-0.05, 0) is 5.57 Å². The second-order valence-corrected chi connectivity index (χ2v) is 4.09. The molecule has 1 aliphatic rings. The molecular formula is C7H4N2O2S. The van der Waals surface area contributed by atoms with Crippen molar-refractivity contribution in [3.8, 4) is 6.07 Å². The number of hydrogen-bond acceptors (Lipinski definition) is 3. The van der Waals surface area contributed by atoms with Gasteiger partial charge in [0, 0.05) is 5.41 Å². The van der Waals surface area contributed by atoms with Gasteiger partial charge in [-0.1, -0.05) is 6.08 Å². The third-order valence-electron chi connectivity index (χ3n) is 1.36. The van der Waals surface area contributed by atoms with Gasteiger partial charge in [0.05, 0.1) is 18.4 Å². The standard InChI is InChI=1S/C7H4N2O2S/c1-9-7(4-8)6-2-3-12(10,11)5-6/h2-3H,5H2/b7-6-. The van der Waals surface area contributed by atoms with Gasteiger partial charge in [0.2, 0.25) is 0 Å². The molecule has 12 heavy (non-hydrogen) atoms. The molecule has 0 aromatic rings. The second kappa shape index (κ2) is 2.80. The van der Waals surface area contributed by atoms with Crippen LogP contribution in [0, 0.1) is 17.9 Å². The molecule has 0 spiro atoms. The molecule has 0 unspecified atom stereocenters. The van der Waals surface area contributed by atoms with Crippen LogP contribution in [-0.4, -0.2) is 14.2 Å². The third kappa shape index (κ3) is 1.52. The minimum absolute atomic E-state index is 0.146. The maximum absolute atomic E-state index is 10.8.